The van der Waals surface area contributed by atoms with Crippen molar-refractivity contribution in [3.63, 3.8) is 0 Å². The molecule has 0 amide bonds. The molecule has 0 aliphatic heterocycles. The summed E-state index contributed by atoms with van der Waals surface area (Å²) in [7, 11) is -3.38. The molecular weight excluding hydrogens is 344 g/mol. The molecule has 0 heterocycles. The van der Waals surface area contributed by atoms with Crippen molar-refractivity contribution in [1.82, 2.24) is 0 Å². The van der Waals surface area contributed by atoms with E-state index < -0.39 is 9.80 Å². The van der Waals surface area contributed by atoms with Crippen LogP contribution in [0.25, 0.3) is 0 Å². The Kier molecular flexibility index (Phi) is 18.5. The zero-order valence-electron chi connectivity index (χ0n) is 16.4. The average Bonchev–Trinajstić information content (AvgIpc) is 2.65. The van der Waals surface area contributed by atoms with Crippen LogP contribution in [0.2, 0.25) is 0 Å². The highest BCUT2D eigenvalue weighted by molar-refractivity contribution is 7.95. The summed E-state index contributed by atoms with van der Waals surface area (Å²) in [4.78, 5) is 0.256. The van der Waals surface area contributed by atoms with Crippen molar-refractivity contribution < 1.29 is 13.9 Å². The molecule has 1 rings (SSSR count). The maximum Gasteiger partial charge on any atom is 0.132 e. The van der Waals surface area contributed by atoms with Crippen molar-refractivity contribution in [2.24, 2.45) is 0 Å². The van der Waals surface area contributed by atoms with Crippen LogP contribution >= 0.6 is 0 Å². The Hall–Kier alpha value is -0.840. The topological polar surface area (TPSA) is 57.5 Å². The number of aliphatic hydroxyl groups excluding tert-OH is 1. The molecule has 0 saturated carbocycles. The number of aryl methyl sites for hydroxylation is 1. The summed E-state index contributed by atoms with van der Waals surface area (Å²) in [6, 6.07) is 7.01. The Morgan fingerprint density at radius 3 is 1.69 bits per heavy atom. The molecule has 2 N–H and O–H groups in total. The molecular formula is C22H42O3S. The van der Waals surface area contributed by atoms with E-state index in [0.717, 1.165) is 12.8 Å². The first-order valence-corrected chi connectivity index (χ1v) is 11.5. The van der Waals surface area contributed by atoms with E-state index in [1.165, 1.54) is 63.4 Å². The van der Waals surface area contributed by atoms with Crippen LogP contribution in [-0.4, -0.2) is 19.4 Å². The van der Waals surface area contributed by atoms with Crippen LogP contribution in [0.3, 0.4) is 0 Å². The molecule has 1 aromatic carbocycles. The molecule has 0 aliphatic rings. The van der Waals surface area contributed by atoms with Gasteiger partial charge in [0.1, 0.15) is 15.4 Å². The predicted octanol–water partition coefficient (Wildman–Crippen LogP) is 7.25. The molecule has 26 heavy (non-hydrogen) atoms. The normalized spacial score (nSPS) is 12.3. The van der Waals surface area contributed by atoms with Gasteiger partial charge in [0.15, 0.2) is 0 Å². The average molecular weight is 387 g/mol. The highest BCUT2D eigenvalue weighted by atomic mass is 32.2. The van der Waals surface area contributed by atoms with Crippen molar-refractivity contribution >= 4 is 15.4 Å². The zero-order chi connectivity index (χ0) is 19.0. The number of rotatable bonds is 12. The molecule has 0 aliphatic carbocycles. The molecule has 3 nitrogen and oxygen atoms in total. The van der Waals surface area contributed by atoms with Crippen molar-refractivity contribution in [1.29, 1.82) is 0 Å². The molecule has 1 unspecified atom stereocenters. The quantitative estimate of drug-likeness (QED) is 0.294. The molecule has 0 fully saturated rings. The van der Waals surface area contributed by atoms with E-state index in [9.17, 15) is 8.76 Å². The lowest BCUT2D eigenvalue weighted by Crippen LogP contribution is -2.02. The number of aliphatic hydroxyl groups is 1. The van der Waals surface area contributed by atoms with E-state index in [-0.39, 0.29) is 12.3 Å². The highest BCUT2D eigenvalue weighted by Gasteiger charge is 2.05. The van der Waals surface area contributed by atoms with Gasteiger partial charge in [-0.15, -0.1) is 0 Å². The molecule has 0 saturated heterocycles. The van der Waals surface area contributed by atoms with Gasteiger partial charge in [-0.05, 0) is 30.5 Å². The van der Waals surface area contributed by atoms with Gasteiger partial charge < -0.3 is 9.66 Å². The SMILES string of the molecule is C.CC.CCCCCCCCCCCCc1ccc(S(=O)(O)=CO)cc1. The van der Waals surface area contributed by atoms with Crippen LogP contribution in [0, 0.1) is 0 Å². The largest absolute Gasteiger partial charge is 0.358 e. The summed E-state index contributed by atoms with van der Waals surface area (Å²) in [5.74, 6) is 0. The van der Waals surface area contributed by atoms with Gasteiger partial charge in [-0.2, -0.15) is 0 Å². The first kappa shape index (κ1) is 27.4. The fraction of sp³-hybridized carbons (Fsp3) is 0.682. The standard InChI is InChI=1S/C19H32O3S.C2H6.CH4/c1-2-3-4-5-6-7-8-9-10-11-12-18-13-15-19(16-14-18)23(21,22)17-20;1-2;/h13-17,20H,2-12H2,1H3,(H,21,22);1-2H3;1H4. The van der Waals surface area contributed by atoms with Crippen LogP contribution in [0.1, 0.15) is 98.0 Å². The third-order valence-corrected chi connectivity index (χ3v) is 5.46. The van der Waals surface area contributed by atoms with E-state index in [1.807, 2.05) is 26.0 Å². The monoisotopic (exact) mass is 386 g/mol. The fourth-order valence-electron chi connectivity index (χ4n) is 2.73. The van der Waals surface area contributed by atoms with Gasteiger partial charge in [-0.3, -0.25) is 0 Å². The fourth-order valence-corrected chi connectivity index (χ4v) is 3.38. The Morgan fingerprint density at radius 1 is 0.846 bits per heavy atom. The second kappa shape index (κ2) is 17.6. The third kappa shape index (κ3) is 12.5. The van der Waals surface area contributed by atoms with Gasteiger partial charge in [-0.25, -0.2) is 4.21 Å². The first-order valence-electron chi connectivity index (χ1n) is 9.93. The van der Waals surface area contributed by atoms with Gasteiger partial charge in [0.25, 0.3) is 0 Å². The van der Waals surface area contributed by atoms with E-state index in [2.05, 4.69) is 6.92 Å². The molecule has 0 aromatic heterocycles. The van der Waals surface area contributed by atoms with E-state index >= 15 is 0 Å². The number of unbranched alkanes of at least 4 members (excludes halogenated alkanes) is 9. The Bertz CT molecular complexity index is 529. The van der Waals surface area contributed by atoms with Crippen molar-refractivity contribution in [2.75, 3.05) is 0 Å². The second-order valence-corrected chi connectivity index (χ2v) is 8.07. The van der Waals surface area contributed by atoms with Gasteiger partial charge in [0.2, 0.25) is 0 Å². The van der Waals surface area contributed by atoms with E-state index in [0.29, 0.717) is 5.55 Å². The van der Waals surface area contributed by atoms with Gasteiger partial charge in [-0.1, -0.05) is 98.1 Å². The zero-order valence-corrected chi connectivity index (χ0v) is 17.2. The second-order valence-electron chi connectivity index (χ2n) is 6.25. The van der Waals surface area contributed by atoms with Gasteiger partial charge in [0, 0.05) is 0 Å². The summed E-state index contributed by atoms with van der Waals surface area (Å²) in [5.41, 5.74) is 1.55. The number of benzene rings is 1. The molecule has 1 aromatic rings. The summed E-state index contributed by atoms with van der Waals surface area (Å²) >= 11 is 0. The van der Waals surface area contributed by atoms with Crippen LogP contribution in [0.5, 0.6) is 0 Å². The minimum atomic E-state index is -3.38. The predicted molar refractivity (Wildman–Crippen MR) is 118 cm³/mol. The number of hydrogen-bond acceptors (Lipinski definition) is 1. The molecule has 0 spiro atoms. The van der Waals surface area contributed by atoms with Crippen molar-refractivity contribution in [3.8, 4) is 0 Å². The summed E-state index contributed by atoms with van der Waals surface area (Å²) in [6.07, 6.45) is 14.3. The maximum atomic E-state index is 11.6. The van der Waals surface area contributed by atoms with Crippen LogP contribution in [-0.2, 0) is 16.2 Å². The minimum absolute atomic E-state index is 0. The first-order chi connectivity index (χ1) is 12.1. The Morgan fingerprint density at radius 2 is 1.27 bits per heavy atom. The van der Waals surface area contributed by atoms with E-state index in [1.54, 1.807) is 12.1 Å². The van der Waals surface area contributed by atoms with Crippen LogP contribution < -0.4 is 0 Å². The van der Waals surface area contributed by atoms with Crippen molar-refractivity contribution in [2.45, 2.75) is 104 Å². The Balaban J connectivity index is 0. The lowest BCUT2D eigenvalue weighted by atomic mass is 10.0. The van der Waals surface area contributed by atoms with E-state index in [4.69, 9.17) is 5.11 Å². The molecule has 0 radical (unpaired) electrons. The van der Waals surface area contributed by atoms with Gasteiger partial charge >= 0.3 is 0 Å². The van der Waals surface area contributed by atoms with Gasteiger partial charge in [0.05, 0.1) is 4.90 Å². The summed E-state index contributed by atoms with van der Waals surface area (Å²) in [6.45, 7) is 6.25. The third-order valence-electron chi connectivity index (χ3n) is 4.22. The Labute approximate surface area is 163 Å². The molecule has 0 bridgehead atoms. The highest BCUT2D eigenvalue weighted by Crippen LogP contribution is 2.15. The minimum Gasteiger partial charge on any atom is -0.358 e. The summed E-state index contributed by atoms with van der Waals surface area (Å²) < 4.78 is 21.0. The molecule has 4 heteroatoms. The lowest BCUT2D eigenvalue weighted by molar-refractivity contribution is 0.541. The summed E-state index contributed by atoms with van der Waals surface area (Å²) in [5, 5.41) is 8.77. The molecule has 1 atom stereocenters. The maximum absolute atomic E-state index is 11.6. The lowest BCUT2D eigenvalue weighted by Gasteiger charge is -2.05. The van der Waals surface area contributed by atoms with Crippen LogP contribution in [0.4, 0.5) is 0 Å². The number of hydrogen-bond donors (Lipinski definition) is 2. The van der Waals surface area contributed by atoms with Crippen molar-refractivity contribution in [3.05, 3.63) is 29.8 Å². The van der Waals surface area contributed by atoms with Crippen LogP contribution in [0.15, 0.2) is 29.2 Å². The molecule has 154 valence electrons. The smallest absolute Gasteiger partial charge is 0.132 e.